The summed E-state index contributed by atoms with van der Waals surface area (Å²) in [7, 11) is 1.42. The van der Waals surface area contributed by atoms with Gasteiger partial charge in [0, 0.05) is 5.56 Å². The molecule has 0 saturated heterocycles. The van der Waals surface area contributed by atoms with Gasteiger partial charge in [0.1, 0.15) is 11.5 Å². The molecule has 0 spiro atoms. The van der Waals surface area contributed by atoms with E-state index in [0.717, 1.165) is 0 Å². The fourth-order valence-electron chi connectivity index (χ4n) is 1.81. The fraction of sp³-hybridized carbons (Fsp3) is 0.133. The summed E-state index contributed by atoms with van der Waals surface area (Å²) in [4.78, 5) is 12.4. The lowest BCUT2D eigenvalue weighted by Gasteiger charge is -2.10. The number of hydrogen-bond acceptors (Lipinski definition) is 3. The zero-order chi connectivity index (χ0) is 15.4. The standard InChI is InChI=1S/C15H11ClF2O3/c1-20-13-8-9(6-7-11(13)16)14(19)10-4-2-3-5-12(10)21-15(17)18/h2-8,15H,1H3. The third kappa shape index (κ3) is 3.49. The van der Waals surface area contributed by atoms with Gasteiger partial charge in [-0.2, -0.15) is 8.78 Å². The number of alkyl halides is 2. The number of ketones is 1. The van der Waals surface area contributed by atoms with Crippen LogP contribution in [-0.2, 0) is 0 Å². The number of benzene rings is 2. The second-order valence-electron chi connectivity index (χ2n) is 4.05. The zero-order valence-corrected chi connectivity index (χ0v) is 11.7. The van der Waals surface area contributed by atoms with Crippen LogP contribution in [0.3, 0.4) is 0 Å². The van der Waals surface area contributed by atoms with E-state index in [-0.39, 0.29) is 16.9 Å². The highest BCUT2D eigenvalue weighted by Crippen LogP contribution is 2.28. The van der Waals surface area contributed by atoms with Gasteiger partial charge >= 0.3 is 6.61 Å². The first kappa shape index (κ1) is 15.3. The van der Waals surface area contributed by atoms with Crippen LogP contribution < -0.4 is 9.47 Å². The van der Waals surface area contributed by atoms with Crippen molar-refractivity contribution in [2.24, 2.45) is 0 Å². The molecule has 0 saturated carbocycles. The average Bonchev–Trinajstić information content (AvgIpc) is 2.47. The predicted octanol–water partition coefficient (Wildman–Crippen LogP) is 4.18. The van der Waals surface area contributed by atoms with Crippen molar-refractivity contribution in [2.75, 3.05) is 7.11 Å². The maximum absolute atomic E-state index is 12.4. The summed E-state index contributed by atoms with van der Waals surface area (Å²) in [6, 6.07) is 10.3. The van der Waals surface area contributed by atoms with Crippen molar-refractivity contribution in [2.45, 2.75) is 6.61 Å². The molecule has 0 bridgehead atoms. The number of hydrogen-bond donors (Lipinski definition) is 0. The molecule has 0 fully saturated rings. The van der Waals surface area contributed by atoms with Crippen LogP contribution in [0.2, 0.25) is 5.02 Å². The number of para-hydroxylation sites is 1. The summed E-state index contributed by atoms with van der Waals surface area (Å²) < 4.78 is 34.1. The van der Waals surface area contributed by atoms with Crippen LogP contribution in [0.15, 0.2) is 42.5 Å². The van der Waals surface area contributed by atoms with Crippen molar-refractivity contribution in [1.29, 1.82) is 0 Å². The molecule has 0 atom stereocenters. The van der Waals surface area contributed by atoms with E-state index in [1.54, 1.807) is 6.07 Å². The van der Waals surface area contributed by atoms with Gasteiger partial charge in [-0.15, -0.1) is 0 Å². The SMILES string of the molecule is COc1cc(C(=O)c2ccccc2OC(F)F)ccc1Cl. The summed E-state index contributed by atoms with van der Waals surface area (Å²) >= 11 is 5.89. The largest absolute Gasteiger partial charge is 0.495 e. The predicted molar refractivity (Wildman–Crippen MR) is 74.5 cm³/mol. The molecule has 110 valence electrons. The summed E-state index contributed by atoms with van der Waals surface area (Å²) in [6.07, 6.45) is 0. The highest BCUT2D eigenvalue weighted by atomic mass is 35.5. The lowest BCUT2D eigenvalue weighted by molar-refractivity contribution is -0.0501. The number of carbonyl (C=O) groups excluding carboxylic acids is 1. The highest BCUT2D eigenvalue weighted by molar-refractivity contribution is 6.32. The molecule has 0 aliphatic rings. The Bertz CT molecular complexity index is 659. The molecule has 2 rings (SSSR count). The maximum Gasteiger partial charge on any atom is 0.387 e. The minimum Gasteiger partial charge on any atom is -0.495 e. The quantitative estimate of drug-likeness (QED) is 0.777. The molecule has 0 aliphatic heterocycles. The number of rotatable bonds is 5. The van der Waals surface area contributed by atoms with Gasteiger partial charge in [0.15, 0.2) is 5.78 Å². The molecule has 2 aromatic carbocycles. The number of ether oxygens (including phenoxy) is 2. The van der Waals surface area contributed by atoms with Crippen molar-refractivity contribution in [3.63, 3.8) is 0 Å². The van der Waals surface area contributed by atoms with Gasteiger partial charge in [-0.05, 0) is 30.3 Å². The molecule has 0 aliphatic carbocycles. The first-order valence-electron chi connectivity index (χ1n) is 5.95. The summed E-state index contributed by atoms with van der Waals surface area (Å²) in [5, 5.41) is 0.353. The Kier molecular flexibility index (Phi) is 4.75. The molecular weight excluding hydrogens is 302 g/mol. The van der Waals surface area contributed by atoms with Crippen LogP contribution in [0.1, 0.15) is 15.9 Å². The molecule has 0 heterocycles. The Labute approximate surface area is 125 Å². The van der Waals surface area contributed by atoms with Crippen molar-refractivity contribution >= 4 is 17.4 Å². The van der Waals surface area contributed by atoms with Crippen LogP contribution in [0.4, 0.5) is 8.78 Å². The Balaban J connectivity index is 2.40. The van der Waals surface area contributed by atoms with Crippen molar-refractivity contribution in [3.8, 4) is 11.5 Å². The van der Waals surface area contributed by atoms with E-state index in [4.69, 9.17) is 16.3 Å². The number of halogens is 3. The third-order valence-corrected chi connectivity index (χ3v) is 3.07. The third-order valence-electron chi connectivity index (χ3n) is 2.76. The Morgan fingerprint density at radius 3 is 2.52 bits per heavy atom. The van der Waals surface area contributed by atoms with Crippen LogP contribution in [0.25, 0.3) is 0 Å². The van der Waals surface area contributed by atoms with E-state index in [1.807, 2.05) is 0 Å². The van der Waals surface area contributed by atoms with Gasteiger partial charge in [-0.3, -0.25) is 4.79 Å². The van der Waals surface area contributed by atoms with Crippen molar-refractivity contribution < 1.29 is 23.0 Å². The van der Waals surface area contributed by atoms with Crippen molar-refractivity contribution in [1.82, 2.24) is 0 Å². The van der Waals surface area contributed by atoms with Gasteiger partial charge in [0.25, 0.3) is 0 Å². The lowest BCUT2D eigenvalue weighted by atomic mass is 10.0. The molecule has 3 nitrogen and oxygen atoms in total. The van der Waals surface area contributed by atoms with E-state index in [0.29, 0.717) is 10.8 Å². The smallest absolute Gasteiger partial charge is 0.387 e. The first-order valence-corrected chi connectivity index (χ1v) is 6.33. The van der Waals surface area contributed by atoms with Gasteiger partial charge < -0.3 is 9.47 Å². The topological polar surface area (TPSA) is 35.5 Å². The van der Waals surface area contributed by atoms with Gasteiger partial charge in [-0.1, -0.05) is 23.7 Å². The molecule has 0 amide bonds. The summed E-state index contributed by atoms with van der Waals surface area (Å²) in [6.45, 7) is -3.00. The van der Waals surface area contributed by atoms with Crippen molar-refractivity contribution in [3.05, 3.63) is 58.6 Å². The highest BCUT2D eigenvalue weighted by Gasteiger charge is 2.18. The number of carbonyl (C=O) groups is 1. The van der Waals surface area contributed by atoms with Gasteiger partial charge in [-0.25, -0.2) is 0 Å². The second-order valence-corrected chi connectivity index (χ2v) is 4.46. The van der Waals surface area contributed by atoms with E-state index >= 15 is 0 Å². The monoisotopic (exact) mass is 312 g/mol. The first-order chi connectivity index (χ1) is 10.0. The van der Waals surface area contributed by atoms with E-state index < -0.39 is 12.4 Å². The second kappa shape index (κ2) is 6.54. The normalized spacial score (nSPS) is 10.5. The molecule has 21 heavy (non-hydrogen) atoms. The van der Waals surface area contributed by atoms with E-state index in [1.165, 1.54) is 43.5 Å². The summed E-state index contributed by atoms with van der Waals surface area (Å²) in [5.41, 5.74) is 0.309. The lowest BCUT2D eigenvalue weighted by Crippen LogP contribution is -2.09. The molecule has 6 heteroatoms. The molecule has 0 radical (unpaired) electrons. The Morgan fingerprint density at radius 1 is 1.14 bits per heavy atom. The van der Waals surface area contributed by atoms with E-state index in [2.05, 4.69) is 4.74 Å². The van der Waals surface area contributed by atoms with Crippen LogP contribution in [-0.4, -0.2) is 19.5 Å². The van der Waals surface area contributed by atoms with Gasteiger partial charge in [0.05, 0.1) is 17.7 Å². The van der Waals surface area contributed by atoms with E-state index in [9.17, 15) is 13.6 Å². The van der Waals surface area contributed by atoms with Crippen LogP contribution >= 0.6 is 11.6 Å². The summed E-state index contributed by atoms with van der Waals surface area (Å²) in [5.74, 6) is -0.303. The van der Waals surface area contributed by atoms with Crippen LogP contribution in [0.5, 0.6) is 11.5 Å². The minimum absolute atomic E-state index is 0.0437. The molecule has 0 N–H and O–H groups in total. The fourth-order valence-corrected chi connectivity index (χ4v) is 2.00. The molecule has 0 unspecified atom stereocenters. The van der Waals surface area contributed by atoms with Crippen LogP contribution in [0, 0.1) is 0 Å². The molecule has 2 aromatic rings. The zero-order valence-electron chi connectivity index (χ0n) is 11.0. The molecule has 0 aromatic heterocycles. The Hall–Kier alpha value is -2.14. The minimum atomic E-state index is -3.00. The maximum atomic E-state index is 12.4. The average molecular weight is 313 g/mol. The van der Waals surface area contributed by atoms with Gasteiger partial charge in [0.2, 0.25) is 0 Å². The number of methoxy groups -OCH3 is 1. The Morgan fingerprint density at radius 2 is 1.86 bits per heavy atom. The molecular formula is C15H11ClF2O3.